The third kappa shape index (κ3) is 8.49. The molecule has 1 heterocycles. The van der Waals surface area contributed by atoms with Gasteiger partial charge in [-0.25, -0.2) is 4.79 Å². The molecule has 2 rings (SSSR count). The summed E-state index contributed by atoms with van der Waals surface area (Å²) in [6.07, 6.45) is 3.22. The molecule has 9 nitrogen and oxygen atoms in total. The molecular formula is C24H32O9. The first-order valence-electron chi connectivity index (χ1n) is 11.2. The number of cyclic esters (lactones) is 1. The smallest absolute Gasteiger partial charge is 0.342 e. The highest BCUT2D eigenvalue weighted by Gasteiger charge is 2.31. The van der Waals surface area contributed by atoms with Crippen LogP contribution in [0.5, 0.6) is 11.5 Å². The fourth-order valence-electron chi connectivity index (χ4n) is 3.89. The Balaban J connectivity index is 2.38. The van der Waals surface area contributed by atoms with Crippen LogP contribution in [0.25, 0.3) is 0 Å². The summed E-state index contributed by atoms with van der Waals surface area (Å²) in [4.78, 5) is 47.6. The molecule has 1 aliphatic rings. The number of carbonyl (C=O) groups is 4. The molecule has 1 aromatic rings. The van der Waals surface area contributed by atoms with Crippen molar-refractivity contribution in [2.45, 2.75) is 91.0 Å². The summed E-state index contributed by atoms with van der Waals surface area (Å²) in [5.41, 5.74) is 0.649. The predicted octanol–water partition coefficient (Wildman–Crippen LogP) is 3.62. The highest BCUT2D eigenvalue weighted by atomic mass is 16.7. The number of esters is 4. The first-order chi connectivity index (χ1) is 15.5. The van der Waals surface area contributed by atoms with Crippen LogP contribution in [0.15, 0.2) is 12.1 Å². The largest absolute Gasteiger partial charge is 0.459 e. The molecule has 0 aliphatic carbocycles. The van der Waals surface area contributed by atoms with Gasteiger partial charge in [0.2, 0.25) is 5.79 Å². The van der Waals surface area contributed by atoms with E-state index in [0.717, 1.165) is 0 Å². The molecule has 0 fully saturated rings. The Morgan fingerprint density at radius 3 is 2.27 bits per heavy atom. The SMILES string of the molecule is CC(=O)Oc1cc2c(c(OC(C)=O)c1)C(=O)O[C@H](C)CCCC(O)(OC(C)=O)CCCCC2. The second kappa shape index (κ2) is 11.8. The van der Waals surface area contributed by atoms with Crippen molar-refractivity contribution in [3.05, 3.63) is 23.3 Å². The molecule has 182 valence electrons. The average molecular weight is 465 g/mol. The van der Waals surface area contributed by atoms with Gasteiger partial charge < -0.3 is 24.1 Å². The first-order valence-corrected chi connectivity index (χ1v) is 11.2. The maximum absolute atomic E-state index is 13.1. The van der Waals surface area contributed by atoms with Crippen LogP contribution in [0.1, 0.15) is 88.6 Å². The van der Waals surface area contributed by atoms with Crippen molar-refractivity contribution in [1.82, 2.24) is 0 Å². The van der Waals surface area contributed by atoms with E-state index in [9.17, 15) is 24.3 Å². The van der Waals surface area contributed by atoms with Crippen LogP contribution in [0.4, 0.5) is 0 Å². The molecule has 33 heavy (non-hydrogen) atoms. The molecule has 9 heteroatoms. The second-order valence-electron chi connectivity index (χ2n) is 8.35. The molecule has 0 spiro atoms. The Kier molecular flexibility index (Phi) is 9.40. The highest BCUT2D eigenvalue weighted by molar-refractivity contribution is 5.95. The van der Waals surface area contributed by atoms with Crippen molar-refractivity contribution in [3.8, 4) is 11.5 Å². The van der Waals surface area contributed by atoms with Crippen LogP contribution in [-0.4, -0.2) is 40.9 Å². The zero-order valence-corrected chi connectivity index (χ0v) is 19.6. The van der Waals surface area contributed by atoms with E-state index in [-0.39, 0.29) is 23.5 Å². The molecule has 0 saturated carbocycles. The Hall–Kier alpha value is -2.94. The first kappa shape index (κ1) is 26.3. The monoisotopic (exact) mass is 464 g/mol. The van der Waals surface area contributed by atoms with Crippen LogP contribution in [0, 0.1) is 0 Å². The number of carbonyl (C=O) groups excluding carboxylic acids is 4. The molecule has 0 bridgehead atoms. The Morgan fingerprint density at radius 1 is 0.970 bits per heavy atom. The van der Waals surface area contributed by atoms with Gasteiger partial charge in [0, 0.05) is 39.7 Å². The van der Waals surface area contributed by atoms with Gasteiger partial charge in [-0.15, -0.1) is 0 Å². The molecule has 2 atom stereocenters. The summed E-state index contributed by atoms with van der Waals surface area (Å²) in [6, 6.07) is 2.90. The third-order valence-electron chi connectivity index (χ3n) is 5.21. The number of aryl methyl sites for hydroxylation is 1. The van der Waals surface area contributed by atoms with Gasteiger partial charge in [0.05, 0.1) is 6.10 Å². The van der Waals surface area contributed by atoms with Gasteiger partial charge >= 0.3 is 23.9 Å². The number of ether oxygens (including phenoxy) is 4. The van der Waals surface area contributed by atoms with E-state index in [4.69, 9.17) is 18.9 Å². The lowest BCUT2D eigenvalue weighted by Gasteiger charge is -2.28. The zero-order chi connectivity index (χ0) is 24.6. The number of rotatable bonds is 3. The topological polar surface area (TPSA) is 125 Å². The van der Waals surface area contributed by atoms with Gasteiger partial charge in [-0.3, -0.25) is 14.4 Å². The fraction of sp³-hybridized carbons (Fsp3) is 0.583. The number of hydrogen-bond donors (Lipinski definition) is 1. The van der Waals surface area contributed by atoms with Crippen molar-refractivity contribution in [2.75, 3.05) is 0 Å². The molecule has 0 radical (unpaired) electrons. The molecule has 0 aromatic heterocycles. The lowest BCUT2D eigenvalue weighted by atomic mass is 9.96. The number of benzene rings is 1. The zero-order valence-electron chi connectivity index (χ0n) is 19.6. The number of fused-ring (bicyclic) bond motifs is 1. The van der Waals surface area contributed by atoms with Crippen LogP contribution in [0.2, 0.25) is 0 Å². The van der Waals surface area contributed by atoms with Gasteiger partial charge in [0.1, 0.15) is 17.1 Å². The van der Waals surface area contributed by atoms with E-state index < -0.39 is 35.8 Å². The van der Waals surface area contributed by atoms with E-state index in [1.807, 2.05) is 0 Å². The lowest BCUT2D eigenvalue weighted by Crippen LogP contribution is -2.34. The Morgan fingerprint density at radius 2 is 1.64 bits per heavy atom. The Labute approximate surface area is 193 Å². The van der Waals surface area contributed by atoms with Gasteiger partial charge in [0.15, 0.2) is 0 Å². The number of aliphatic hydroxyl groups is 1. The molecular weight excluding hydrogens is 432 g/mol. The minimum atomic E-state index is -1.55. The molecule has 1 aliphatic heterocycles. The maximum Gasteiger partial charge on any atom is 0.342 e. The van der Waals surface area contributed by atoms with Crippen LogP contribution in [0.3, 0.4) is 0 Å². The average Bonchev–Trinajstić information content (AvgIpc) is 2.65. The molecule has 0 saturated heterocycles. The van der Waals surface area contributed by atoms with E-state index in [1.165, 1.54) is 26.8 Å². The number of hydrogen-bond acceptors (Lipinski definition) is 9. The minimum absolute atomic E-state index is 0.0234. The van der Waals surface area contributed by atoms with Crippen molar-refractivity contribution in [1.29, 1.82) is 0 Å². The van der Waals surface area contributed by atoms with Crippen molar-refractivity contribution in [2.24, 2.45) is 0 Å². The predicted molar refractivity (Wildman–Crippen MR) is 117 cm³/mol. The summed E-state index contributed by atoms with van der Waals surface area (Å²) < 4.78 is 21.2. The summed E-state index contributed by atoms with van der Waals surface area (Å²) in [5.74, 6) is -3.80. The quantitative estimate of drug-likeness (QED) is 0.405. The van der Waals surface area contributed by atoms with Crippen LogP contribution >= 0.6 is 0 Å². The molecule has 1 unspecified atom stereocenters. The summed E-state index contributed by atoms with van der Waals surface area (Å²) >= 11 is 0. The minimum Gasteiger partial charge on any atom is -0.459 e. The van der Waals surface area contributed by atoms with E-state index in [0.29, 0.717) is 50.5 Å². The molecule has 1 N–H and O–H groups in total. The standard InChI is InChI=1S/C24H32O9/c1-15-9-8-12-24(29,33-18(4)27)11-7-5-6-10-19-13-20(31-16(2)25)14-21(32-17(3)26)22(19)23(28)30-15/h13-15,29H,5-12H2,1-4H3/t15-,24?/m1/s1. The van der Waals surface area contributed by atoms with Gasteiger partial charge in [-0.2, -0.15) is 0 Å². The lowest BCUT2D eigenvalue weighted by molar-refractivity contribution is -0.213. The molecule has 1 aromatic carbocycles. The second-order valence-corrected chi connectivity index (χ2v) is 8.35. The highest BCUT2D eigenvalue weighted by Crippen LogP contribution is 2.33. The third-order valence-corrected chi connectivity index (χ3v) is 5.21. The fourth-order valence-corrected chi connectivity index (χ4v) is 3.89. The van der Waals surface area contributed by atoms with Crippen molar-refractivity contribution >= 4 is 23.9 Å². The summed E-state index contributed by atoms with van der Waals surface area (Å²) in [7, 11) is 0. The van der Waals surface area contributed by atoms with E-state index >= 15 is 0 Å². The van der Waals surface area contributed by atoms with E-state index in [2.05, 4.69) is 0 Å². The summed E-state index contributed by atoms with van der Waals surface area (Å²) in [6.45, 7) is 5.43. The van der Waals surface area contributed by atoms with Gasteiger partial charge in [0.25, 0.3) is 0 Å². The normalized spacial score (nSPS) is 22.2. The van der Waals surface area contributed by atoms with Crippen molar-refractivity contribution in [3.63, 3.8) is 0 Å². The summed E-state index contributed by atoms with van der Waals surface area (Å²) in [5, 5.41) is 10.7. The van der Waals surface area contributed by atoms with Gasteiger partial charge in [-0.1, -0.05) is 6.42 Å². The Bertz CT molecular complexity index is 892. The van der Waals surface area contributed by atoms with Crippen LogP contribution in [-0.2, 0) is 30.3 Å². The van der Waals surface area contributed by atoms with E-state index in [1.54, 1.807) is 13.0 Å². The van der Waals surface area contributed by atoms with Crippen molar-refractivity contribution < 1.29 is 43.2 Å². The molecule has 0 amide bonds. The van der Waals surface area contributed by atoms with Gasteiger partial charge in [-0.05, 0) is 50.7 Å². The van der Waals surface area contributed by atoms with Crippen LogP contribution < -0.4 is 9.47 Å². The maximum atomic E-state index is 13.1.